The fourth-order valence-corrected chi connectivity index (χ4v) is 3.69. The van der Waals surface area contributed by atoms with Crippen LogP contribution in [0.25, 0.3) is 0 Å². The summed E-state index contributed by atoms with van der Waals surface area (Å²) < 4.78 is 19.9. The van der Waals surface area contributed by atoms with Crippen molar-refractivity contribution in [3.8, 4) is 0 Å². The van der Waals surface area contributed by atoms with Gasteiger partial charge in [-0.25, -0.2) is 0 Å². The largest absolute Gasteiger partial charge is 0.428 e. The van der Waals surface area contributed by atoms with E-state index < -0.39 is 17.2 Å². The molecule has 23 heavy (non-hydrogen) atoms. The zero-order valence-electron chi connectivity index (χ0n) is 13.1. The lowest BCUT2D eigenvalue weighted by Crippen LogP contribution is -2.32. The molecule has 5 heteroatoms. The maximum Gasteiger partial charge on any atom is 0.315 e. The first-order valence-corrected chi connectivity index (χ1v) is 8.29. The number of nitrogens with one attached hydrogen (secondary N) is 1. The lowest BCUT2D eigenvalue weighted by atomic mass is 9.71. The van der Waals surface area contributed by atoms with Gasteiger partial charge in [-0.15, -0.1) is 0 Å². The van der Waals surface area contributed by atoms with E-state index in [4.69, 9.17) is 4.74 Å². The van der Waals surface area contributed by atoms with E-state index in [1.54, 1.807) is 24.3 Å². The number of cyclic esters (lactones) is 1. The molecule has 0 aromatic heterocycles. The maximum absolute atomic E-state index is 14.9. The Bertz CT molecular complexity index is 583. The topological polar surface area (TPSA) is 55.4 Å². The van der Waals surface area contributed by atoms with Gasteiger partial charge in [-0.3, -0.25) is 9.59 Å². The van der Waals surface area contributed by atoms with Crippen LogP contribution in [0.4, 0.5) is 4.39 Å². The molecule has 2 aliphatic rings. The summed E-state index contributed by atoms with van der Waals surface area (Å²) in [5.74, 6) is -2.58. The third kappa shape index (κ3) is 3.38. The monoisotopic (exact) mass is 319 g/mol. The van der Waals surface area contributed by atoms with Crippen molar-refractivity contribution < 1.29 is 18.7 Å². The highest BCUT2D eigenvalue weighted by atomic mass is 19.2. The molecule has 1 unspecified atom stereocenters. The Morgan fingerprint density at radius 2 is 1.87 bits per heavy atom. The molecule has 1 aromatic rings. The number of carbonyl (C=O) groups is 2. The Morgan fingerprint density at radius 1 is 1.17 bits per heavy atom. The fourth-order valence-electron chi connectivity index (χ4n) is 3.69. The summed E-state index contributed by atoms with van der Waals surface area (Å²) in [5.41, 5.74) is -0.0937. The Kier molecular flexibility index (Phi) is 4.37. The van der Waals surface area contributed by atoms with Crippen LogP contribution in [-0.4, -0.2) is 24.3 Å². The summed E-state index contributed by atoms with van der Waals surface area (Å²) in [7, 11) is 0. The number of rotatable bonds is 4. The van der Waals surface area contributed by atoms with Crippen molar-refractivity contribution in [2.75, 3.05) is 6.54 Å². The number of hydrogen-bond donors (Lipinski definition) is 1. The SMILES string of the molecule is O=C(NCCC1(F)CC2(CCCCC2)C(=O)O1)c1ccccc1. The van der Waals surface area contributed by atoms with Crippen molar-refractivity contribution in [3.63, 3.8) is 0 Å². The van der Waals surface area contributed by atoms with Crippen LogP contribution in [0.5, 0.6) is 0 Å². The standard InChI is InChI=1S/C18H22FNO3/c19-18(11-12-20-15(21)14-7-3-1-4-8-14)13-17(16(22)23-18)9-5-2-6-10-17/h1,3-4,7-8H,2,5-6,9-13H2,(H,20,21). The predicted molar refractivity (Wildman–Crippen MR) is 83.5 cm³/mol. The lowest BCUT2D eigenvalue weighted by Gasteiger charge is -2.29. The number of alkyl halides is 1. The summed E-state index contributed by atoms with van der Waals surface area (Å²) in [6.07, 6.45) is 4.56. The molecule has 2 fully saturated rings. The Morgan fingerprint density at radius 3 is 2.57 bits per heavy atom. The number of ether oxygens (including phenoxy) is 1. The predicted octanol–water partition coefficient (Wildman–Crippen LogP) is 3.37. The molecule has 1 aromatic carbocycles. The van der Waals surface area contributed by atoms with Crippen LogP contribution in [0.2, 0.25) is 0 Å². The summed E-state index contributed by atoms with van der Waals surface area (Å²) in [4.78, 5) is 24.1. The van der Waals surface area contributed by atoms with Gasteiger partial charge in [-0.1, -0.05) is 37.5 Å². The van der Waals surface area contributed by atoms with E-state index in [1.165, 1.54) is 0 Å². The summed E-state index contributed by atoms with van der Waals surface area (Å²) in [6.45, 7) is 0.146. The van der Waals surface area contributed by atoms with Crippen molar-refractivity contribution in [1.82, 2.24) is 5.32 Å². The van der Waals surface area contributed by atoms with Crippen LogP contribution < -0.4 is 5.32 Å². The molecule has 4 nitrogen and oxygen atoms in total. The second-order valence-electron chi connectivity index (χ2n) is 6.66. The molecule has 1 saturated carbocycles. The molecular weight excluding hydrogens is 297 g/mol. The molecule has 1 atom stereocenters. The molecular formula is C18H22FNO3. The van der Waals surface area contributed by atoms with E-state index in [0.717, 1.165) is 19.3 Å². The van der Waals surface area contributed by atoms with E-state index >= 15 is 0 Å². The van der Waals surface area contributed by atoms with Gasteiger partial charge in [0.1, 0.15) is 0 Å². The van der Waals surface area contributed by atoms with E-state index in [0.29, 0.717) is 18.4 Å². The first-order chi connectivity index (χ1) is 11.0. The van der Waals surface area contributed by atoms with Crippen molar-refractivity contribution in [3.05, 3.63) is 35.9 Å². The van der Waals surface area contributed by atoms with Crippen molar-refractivity contribution in [2.24, 2.45) is 5.41 Å². The van der Waals surface area contributed by atoms with Gasteiger partial charge in [0.25, 0.3) is 11.8 Å². The molecule has 1 saturated heterocycles. The molecule has 1 amide bonds. The molecule has 1 spiro atoms. The van der Waals surface area contributed by atoms with Crippen LogP contribution in [0, 0.1) is 5.41 Å². The number of benzene rings is 1. The highest BCUT2D eigenvalue weighted by Gasteiger charge is 2.57. The molecule has 1 aliphatic carbocycles. The number of esters is 1. The van der Waals surface area contributed by atoms with Gasteiger partial charge in [-0.2, -0.15) is 4.39 Å². The summed E-state index contributed by atoms with van der Waals surface area (Å²) in [6, 6.07) is 8.78. The van der Waals surface area contributed by atoms with Crippen LogP contribution in [0.15, 0.2) is 30.3 Å². The van der Waals surface area contributed by atoms with Crippen molar-refractivity contribution in [2.45, 2.75) is 50.8 Å². The van der Waals surface area contributed by atoms with E-state index in [1.807, 2.05) is 6.07 Å². The minimum Gasteiger partial charge on any atom is -0.428 e. The lowest BCUT2D eigenvalue weighted by molar-refractivity contribution is -0.168. The van der Waals surface area contributed by atoms with Gasteiger partial charge in [0.15, 0.2) is 0 Å². The zero-order valence-corrected chi connectivity index (χ0v) is 13.1. The number of amides is 1. The molecule has 0 radical (unpaired) electrons. The molecule has 1 N–H and O–H groups in total. The highest BCUT2D eigenvalue weighted by molar-refractivity contribution is 5.94. The first-order valence-electron chi connectivity index (χ1n) is 8.29. The minimum atomic E-state index is -1.95. The molecule has 124 valence electrons. The number of halogens is 1. The van der Waals surface area contributed by atoms with Crippen molar-refractivity contribution in [1.29, 1.82) is 0 Å². The van der Waals surface area contributed by atoms with Gasteiger partial charge in [-0.05, 0) is 25.0 Å². The van der Waals surface area contributed by atoms with E-state index in [2.05, 4.69) is 5.32 Å². The molecule has 1 aliphatic heterocycles. The van der Waals surface area contributed by atoms with Crippen LogP contribution in [-0.2, 0) is 9.53 Å². The summed E-state index contributed by atoms with van der Waals surface area (Å²) in [5, 5.41) is 2.69. The quantitative estimate of drug-likeness (QED) is 0.866. The summed E-state index contributed by atoms with van der Waals surface area (Å²) >= 11 is 0. The van der Waals surface area contributed by atoms with Gasteiger partial charge in [0.2, 0.25) is 0 Å². The average Bonchev–Trinajstić information content (AvgIpc) is 2.79. The van der Waals surface area contributed by atoms with Crippen LogP contribution in [0.1, 0.15) is 55.3 Å². The third-order valence-corrected chi connectivity index (χ3v) is 4.94. The van der Waals surface area contributed by atoms with Crippen LogP contribution in [0.3, 0.4) is 0 Å². The Balaban J connectivity index is 1.54. The molecule has 3 rings (SSSR count). The third-order valence-electron chi connectivity index (χ3n) is 4.94. The van der Waals surface area contributed by atoms with E-state index in [9.17, 15) is 14.0 Å². The normalized spacial score (nSPS) is 26.0. The fraction of sp³-hybridized carbons (Fsp3) is 0.556. The van der Waals surface area contributed by atoms with Gasteiger partial charge in [0, 0.05) is 24.9 Å². The van der Waals surface area contributed by atoms with Crippen molar-refractivity contribution >= 4 is 11.9 Å². The van der Waals surface area contributed by atoms with E-state index in [-0.39, 0.29) is 25.3 Å². The number of carbonyl (C=O) groups excluding carboxylic acids is 2. The Labute approximate surface area is 135 Å². The first kappa shape index (κ1) is 16.0. The zero-order chi connectivity index (χ0) is 16.3. The average molecular weight is 319 g/mol. The van der Waals surface area contributed by atoms with Gasteiger partial charge in [0.05, 0.1) is 5.41 Å². The minimum absolute atomic E-state index is 0.000929. The van der Waals surface area contributed by atoms with Crippen LogP contribution >= 0.6 is 0 Å². The maximum atomic E-state index is 14.9. The Hall–Kier alpha value is -1.91. The second kappa shape index (κ2) is 6.30. The van der Waals surface area contributed by atoms with Gasteiger partial charge < -0.3 is 10.1 Å². The highest BCUT2D eigenvalue weighted by Crippen LogP contribution is 2.51. The number of hydrogen-bond acceptors (Lipinski definition) is 3. The molecule has 1 heterocycles. The smallest absolute Gasteiger partial charge is 0.315 e. The second-order valence-corrected chi connectivity index (χ2v) is 6.66. The van der Waals surface area contributed by atoms with Gasteiger partial charge >= 0.3 is 5.97 Å². The molecule has 0 bridgehead atoms.